The molecule has 5 nitrogen and oxygen atoms in total. The maximum Gasteiger partial charge on any atom is 0.152 e. The highest BCUT2D eigenvalue weighted by Crippen LogP contribution is 2.34. The minimum atomic E-state index is -1.02. The van der Waals surface area contributed by atoms with Gasteiger partial charge in [0.2, 0.25) is 0 Å². The van der Waals surface area contributed by atoms with Gasteiger partial charge in [-0.05, 0) is 117 Å². The third-order valence-electron chi connectivity index (χ3n) is 7.47. The third-order valence-corrected chi connectivity index (χ3v) is 8.41. The van der Waals surface area contributed by atoms with E-state index in [4.69, 9.17) is 0 Å². The summed E-state index contributed by atoms with van der Waals surface area (Å²) in [4.78, 5) is 8.06. The number of hydrogen-bond acceptors (Lipinski definition) is 4. The number of hydrogen-bond donors (Lipinski definition) is 1. The predicted octanol–water partition coefficient (Wildman–Crippen LogP) is 4.44. The number of rotatable bonds is 4. The molecule has 0 saturated carbocycles. The number of aryl methyl sites for hydroxylation is 1. The van der Waals surface area contributed by atoms with Crippen molar-refractivity contribution in [2.75, 3.05) is 32.4 Å². The Kier molecular flexibility index (Phi) is 6.74. The SMILES string of the molecule is Cn1c(-c2ccc([S+](C)[O-])cc2)nc2c(F)cc(C3CCN(C4CCCNCC4)CC3)cc21. The van der Waals surface area contributed by atoms with E-state index in [1.807, 2.05) is 35.9 Å². The van der Waals surface area contributed by atoms with E-state index >= 15 is 4.39 Å². The molecule has 3 heterocycles. The number of halogens is 1. The van der Waals surface area contributed by atoms with E-state index in [1.165, 1.54) is 19.3 Å². The first kappa shape index (κ1) is 22.8. The summed E-state index contributed by atoms with van der Waals surface area (Å²) in [7, 11) is 1.95. The Labute approximate surface area is 198 Å². The number of fused-ring (bicyclic) bond motifs is 1. The van der Waals surface area contributed by atoms with Crippen LogP contribution in [0.4, 0.5) is 4.39 Å². The molecule has 2 atom stereocenters. The minimum absolute atomic E-state index is 0.243. The van der Waals surface area contributed by atoms with Crippen LogP contribution in [0.1, 0.15) is 43.6 Å². The van der Waals surface area contributed by atoms with Gasteiger partial charge in [0.05, 0.1) is 5.52 Å². The Hall–Kier alpha value is -1.93. The second-order valence-corrected chi connectivity index (χ2v) is 10.9. The molecule has 1 N–H and O–H groups in total. The highest BCUT2D eigenvalue weighted by Gasteiger charge is 2.27. The van der Waals surface area contributed by atoms with Crippen LogP contribution in [0.2, 0.25) is 0 Å². The molecule has 1 aromatic heterocycles. The number of likely N-dealkylation sites (tertiary alicyclic amines) is 1. The predicted molar refractivity (Wildman–Crippen MR) is 132 cm³/mol. The van der Waals surface area contributed by atoms with E-state index in [9.17, 15) is 4.55 Å². The van der Waals surface area contributed by atoms with Crippen LogP contribution in [0, 0.1) is 5.82 Å². The summed E-state index contributed by atoms with van der Waals surface area (Å²) in [5, 5.41) is 3.51. The molecule has 33 heavy (non-hydrogen) atoms. The largest absolute Gasteiger partial charge is 0.612 e. The molecule has 0 radical (unpaired) electrons. The van der Waals surface area contributed by atoms with E-state index in [1.54, 1.807) is 12.3 Å². The molecule has 2 aliphatic rings. The highest BCUT2D eigenvalue weighted by molar-refractivity contribution is 7.90. The average molecular weight is 469 g/mol. The molecule has 5 rings (SSSR count). The number of benzene rings is 2. The van der Waals surface area contributed by atoms with Crippen LogP contribution < -0.4 is 5.32 Å². The third kappa shape index (κ3) is 4.69. The Morgan fingerprint density at radius 3 is 2.55 bits per heavy atom. The molecule has 2 fully saturated rings. The molecule has 7 heteroatoms. The van der Waals surface area contributed by atoms with Gasteiger partial charge in [0, 0.05) is 18.7 Å². The van der Waals surface area contributed by atoms with Crippen LogP contribution in [0.3, 0.4) is 0 Å². The molecular formula is C26H33FN4OS. The van der Waals surface area contributed by atoms with Gasteiger partial charge in [-0.1, -0.05) is 0 Å². The molecule has 3 aromatic rings. The Balaban J connectivity index is 1.36. The van der Waals surface area contributed by atoms with Crippen LogP contribution in [0.15, 0.2) is 41.3 Å². The van der Waals surface area contributed by atoms with Crippen LogP contribution in [-0.4, -0.2) is 57.5 Å². The van der Waals surface area contributed by atoms with Gasteiger partial charge in [0.25, 0.3) is 0 Å². The van der Waals surface area contributed by atoms with Gasteiger partial charge in [-0.3, -0.25) is 0 Å². The van der Waals surface area contributed by atoms with Gasteiger partial charge >= 0.3 is 0 Å². The quantitative estimate of drug-likeness (QED) is 0.575. The van der Waals surface area contributed by atoms with Gasteiger partial charge in [0.1, 0.15) is 17.6 Å². The second kappa shape index (κ2) is 9.74. The van der Waals surface area contributed by atoms with Crippen molar-refractivity contribution in [1.29, 1.82) is 0 Å². The molecule has 176 valence electrons. The fraction of sp³-hybridized carbons (Fsp3) is 0.500. The number of piperidine rings is 1. The van der Waals surface area contributed by atoms with Gasteiger partial charge in [0.15, 0.2) is 10.7 Å². The standard InChI is InChI=1S/C26H33FN4OS/c1-30-24-17-20(18-10-14-31(15-11-18)21-4-3-12-28-13-9-21)16-23(27)25(24)29-26(30)19-5-7-22(8-6-19)33(2)32/h5-8,16-18,21,28H,3-4,9-15H2,1-2H3. The topological polar surface area (TPSA) is 56.1 Å². The molecule has 2 unspecified atom stereocenters. The van der Waals surface area contributed by atoms with Crippen molar-refractivity contribution in [3.63, 3.8) is 0 Å². The summed E-state index contributed by atoms with van der Waals surface area (Å²) in [6.45, 7) is 4.45. The highest BCUT2D eigenvalue weighted by atomic mass is 32.2. The van der Waals surface area contributed by atoms with Crippen molar-refractivity contribution in [3.05, 3.63) is 47.8 Å². The van der Waals surface area contributed by atoms with E-state index in [0.29, 0.717) is 17.5 Å². The van der Waals surface area contributed by atoms with Crippen LogP contribution in [-0.2, 0) is 18.2 Å². The van der Waals surface area contributed by atoms with Gasteiger partial charge in [-0.15, -0.1) is 0 Å². The zero-order valence-corrected chi connectivity index (χ0v) is 20.3. The van der Waals surface area contributed by atoms with Gasteiger partial charge in [-0.2, -0.15) is 0 Å². The normalized spacial score (nSPS) is 21.9. The van der Waals surface area contributed by atoms with E-state index < -0.39 is 11.2 Å². The molecule has 0 amide bonds. The van der Waals surface area contributed by atoms with Crippen molar-refractivity contribution >= 4 is 22.2 Å². The molecular weight excluding hydrogens is 435 g/mol. The maximum absolute atomic E-state index is 15.2. The number of aromatic nitrogens is 2. The monoisotopic (exact) mass is 468 g/mol. The van der Waals surface area contributed by atoms with Crippen LogP contribution >= 0.6 is 0 Å². The lowest BCUT2D eigenvalue weighted by atomic mass is 9.88. The number of imidazole rings is 1. The lowest BCUT2D eigenvalue weighted by Gasteiger charge is -2.37. The molecule has 0 bridgehead atoms. The molecule has 2 saturated heterocycles. The molecule has 0 spiro atoms. The summed E-state index contributed by atoms with van der Waals surface area (Å²) >= 11 is -1.02. The second-order valence-electron chi connectivity index (χ2n) is 9.49. The first-order chi connectivity index (χ1) is 16.0. The zero-order chi connectivity index (χ0) is 22.9. The van der Waals surface area contributed by atoms with Crippen molar-refractivity contribution in [1.82, 2.24) is 19.8 Å². The van der Waals surface area contributed by atoms with E-state index in [2.05, 4.69) is 21.3 Å². The maximum atomic E-state index is 15.2. The van der Waals surface area contributed by atoms with Crippen LogP contribution in [0.25, 0.3) is 22.4 Å². The summed E-state index contributed by atoms with van der Waals surface area (Å²) in [6.07, 6.45) is 7.60. The van der Waals surface area contributed by atoms with Crippen molar-refractivity contribution in [3.8, 4) is 11.4 Å². The first-order valence-electron chi connectivity index (χ1n) is 12.1. The van der Waals surface area contributed by atoms with E-state index in [0.717, 1.165) is 66.4 Å². The lowest BCUT2D eigenvalue weighted by molar-refractivity contribution is 0.141. The fourth-order valence-corrected chi connectivity index (χ4v) is 6.04. The molecule has 0 aliphatic carbocycles. The minimum Gasteiger partial charge on any atom is -0.612 e. The number of nitrogens with one attached hydrogen (secondary N) is 1. The van der Waals surface area contributed by atoms with Gasteiger partial charge in [-0.25, -0.2) is 9.37 Å². The van der Waals surface area contributed by atoms with Crippen LogP contribution in [0.5, 0.6) is 0 Å². The van der Waals surface area contributed by atoms with Gasteiger partial charge < -0.3 is 19.3 Å². The summed E-state index contributed by atoms with van der Waals surface area (Å²) in [5.74, 6) is 0.875. The Bertz CT molecular complexity index is 1100. The summed E-state index contributed by atoms with van der Waals surface area (Å²) < 4.78 is 28.8. The van der Waals surface area contributed by atoms with Crippen molar-refractivity contribution in [2.45, 2.75) is 49.0 Å². The molecule has 2 aromatic carbocycles. The number of nitrogens with zero attached hydrogens (tertiary/aromatic N) is 3. The Morgan fingerprint density at radius 2 is 1.82 bits per heavy atom. The molecule has 2 aliphatic heterocycles. The smallest absolute Gasteiger partial charge is 0.152 e. The fourth-order valence-electron chi connectivity index (χ4n) is 5.52. The average Bonchev–Trinajstić information content (AvgIpc) is 3.00. The van der Waals surface area contributed by atoms with Crippen molar-refractivity contribution in [2.24, 2.45) is 7.05 Å². The lowest BCUT2D eigenvalue weighted by Crippen LogP contribution is -2.41. The zero-order valence-electron chi connectivity index (χ0n) is 19.5. The summed E-state index contributed by atoms with van der Waals surface area (Å²) in [6, 6.07) is 12.1. The van der Waals surface area contributed by atoms with E-state index in [-0.39, 0.29) is 5.82 Å². The summed E-state index contributed by atoms with van der Waals surface area (Å²) in [5.41, 5.74) is 3.24. The van der Waals surface area contributed by atoms with Crippen molar-refractivity contribution < 1.29 is 8.94 Å². The Morgan fingerprint density at radius 1 is 1.06 bits per heavy atom. The first-order valence-corrected chi connectivity index (χ1v) is 13.6.